The molecule has 8 heteroatoms. The fourth-order valence-electron chi connectivity index (χ4n) is 5.69. The average Bonchev–Trinajstić information content (AvgIpc) is 2.90. The zero-order valence-electron chi connectivity index (χ0n) is 24.2. The minimum absolute atomic E-state index is 0.130. The van der Waals surface area contributed by atoms with Gasteiger partial charge in [0, 0.05) is 17.9 Å². The summed E-state index contributed by atoms with van der Waals surface area (Å²) in [6.45, 7) is 7.18. The van der Waals surface area contributed by atoms with Gasteiger partial charge in [0.2, 0.25) is 11.8 Å². The van der Waals surface area contributed by atoms with Crippen LogP contribution in [0.1, 0.15) is 76.8 Å². The van der Waals surface area contributed by atoms with E-state index < -0.39 is 41.7 Å². The molecule has 1 saturated carbocycles. The second-order valence-electron chi connectivity index (χ2n) is 11.8. The summed E-state index contributed by atoms with van der Waals surface area (Å²) in [4.78, 5) is 41.1. The summed E-state index contributed by atoms with van der Waals surface area (Å²) in [6, 6.07) is 18.2. The number of aliphatic hydroxyl groups excluding tert-OH is 1. The molecule has 4 N–H and O–H groups in total. The van der Waals surface area contributed by atoms with Crippen LogP contribution >= 0.6 is 0 Å². The third kappa shape index (κ3) is 8.81. The van der Waals surface area contributed by atoms with E-state index in [4.69, 9.17) is 10.5 Å². The van der Waals surface area contributed by atoms with Gasteiger partial charge in [-0.15, -0.1) is 0 Å². The Morgan fingerprint density at radius 3 is 2.25 bits per heavy atom. The number of benzene rings is 2. The van der Waals surface area contributed by atoms with Crippen molar-refractivity contribution in [2.75, 3.05) is 6.54 Å². The highest BCUT2D eigenvalue weighted by molar-refractivity contribution is 5.85. The molecule has 0 heterocycles. The lowest BCUT2D eigenvalue weighted by Gasteiger charge is -2.46. The largest absolute Gasteiger partial charge is 0.444 e. The normalized spacial score (nSPS) is 21.7. The maximum Gasteiger partial charge on any atom is 0.407 e. The molecule has 1 aliphatic carbocycles. The van der Waals surface area contributed by atoms with E-state index in [0.29, 0.717) is 25.7 Å². The summed E-state index contributed by atoms with van der Waals surface area (Å²) < 4.78 is 5.51. The number of rotatable bonds is 11. The van der Waals surface area contributed by atoms with E-state index in [2.05, 4.69) is 12.2 Å². The number of primary amides is 1. The summed E-state index contributed by atoms with van der Waals surface area (Å²) in [5, 5.41) is 14.0. The predicted octanol–water partition coefficient (Wildman–Crippen LogP) is 4.55. The summed E-state index contributed by atoms with van der Waals surface area (Å²) in [7, 11) is 0. The van der Waals surface area contributed by atoms with Gasteiger partial charge in [-0.25, -0.2) is 4.79 Å². The van der Waals surface area contributed by atoms with Crippen LogP contribution in [-0.4, -0.2) is 58.2 Å². The van der Waals surface area contributed by atoms with E-state index in [1.165, 1.54) is 0 Å². The number of carbonyl (C=O) groups is 3. The van der Waals surface area contributed by atoms with Crippen molar-refractivity contribution >= 4 is 17.9 Å². The summed E-state index contributed by atoms with van der Waals surface area (Å²) in [5.41, 5.74) is 6.90. The fourth-order valence-corrected chi connectivity index (χ4v) is 5.69. The lowest BCUT2D eigenvalue weighted by atomic mass is 9.73. The van der Waals surface area contributed by atoms with Crippen LogP contribution < -0.4 is 11.1 Å². The molecule has 1 aliphatic rings. The van der Waals surface area contributed by atoms with Crippen molar-refractivity contribution in [2.45, 2.75) is 95.9 Å². The van der Waals surface area contributed by atoms with Gasteiger partial charge in [0.1, 0.15) is 5.60 Å². The first-order valence-electron chi connectivity index (χ1n) is 14.4. The molecule has 3 rings (SSSR count). The van der Waals surface area contributed by atoms with Crippen molar-refractivity contribution in [1.82, 2.24) is 10.2 Å². The lowest BCUT2D eigenvalue weighted by Crippen LogP contribution is -2.60. The molecule has 40 heavy (non-hydrogen) atoms. The van der Waals surface area contributed by atoms with Crippen LogP contribution in [0.3, 0.4) is 0 Å². The Labute approximate surface area is 238 Å². The Balaban J connectivity index is 2.01. The van der Waals surface area contributed by atoms with Gasteiger partial charge in [-0.05, 0) is 57.6 Å². The van der Waals surface area contributed by atoms with Crippen molar-refractivity contribution < 1.29 is 24.2 Å². The molecular formula is C32H45N3O5. The SMILES string of the molecule is CCCC[C@H](Cc1ccccc1)C(=O)N(CC(N)=O)C1CC[C@H](O)[C@@H](NC(=O)OC(C)(C)C)C1c1ccccc1. The lowest BCUT2D eigenvalue weighted by molar-refractivity contribution is -0.143. The number of nitrogens with two attached hydrogens (primary N) is 1. The van der Waals surface area contributed by atoms with E-state index in [0.717, 1.165) is 24.0 Å². The van der Waals surface area contributed by atoms with Crippen LogP contribution in [0, 0.1) is 5.92 Å². The highest BCUT2D eigenvalue weighted by atomic mass is 16.6. The second kappa shape index (κ2) is 14.3. The molecule has 5 atom stereocenters. The number of nitrogens with one attached hydrogen (secondary N) is 1. The van der Waals surface area contributed by atoms with Crippen molar-refractivity contribution in [3.63, 3.8) is 0 Å². The predicted molar refractivity (Wildman–Crippen MR) is 155 cm³/mol. The maximum absolute atomic E-state index is 14.3. The number of nitrogens with zero attached hydrogens (tertiary/aromatic N) is 1. The monoisotopic (exact) mass is 551 g/mol. The number of hydrogen-bond donors (Lipinski definition) is 3. The van der Waals surface area contributed by atoms with Crippen LogP contribution in [0.5, 0.6) is 0 Å². The van der Waals surface area contributed by atoms with E-state index in [1.807, 2.05) is 60.7 Å². The molecule has 0 radical (unpaired) electrons. The number of amides is 3. The number of carbonyl (C=O) groups excluding carboxylic acids is 3. The van der Waals surface area contributed by atoms with Crippen LogP contribution in [-0.2, 0) is 20.7 Å². The Morgan fingerprint density at radius 1 is 1.05 bits per heavy atom. The van der Waals surface area contributed by atoms with Crippen LogP contribution in [0.25, 0.3) is 0 Å². The number of alkyl carbamates (subject to hydrolysis) is 1. The Bertz CT molecular complexity index is 1100. The number of unbranched alkanes of at least 4 members (excludes halogenated alkanes) is 1. The summed E-state index contributed by atoms with van der Waals surface area (Å²) >= 11 is 0. The molecule has 0 spiro atoms. The minimum atomic E-state index is -0.861. The zero-order chi connectivity index (χ0) is 29.3. The molecule has 0 aromatic heterocycles. The second-order valence-corrected chi connectivity index (χ2v) is 11.8. The average molecular weight is 552 g/mol. The van der Waals surface area contributed by atoms with E-state index >= 15 is 0 Å². The molecule has 8 nitrogen and oxygen atoms in total. The molecule has 0 bridgehead atoms. The van der Waals surface area contributed by atoms with Gasteiger partial charge in [0.25, 0.3) is 0 Å². The van der Waals surface area contributed by atoms with E-state index in [-0.39, 0.29) is 18.4 Å². The summed E-state index contributed by atoms with van der Waals surface area (Å²) in [5.74, 6) is -1.54. The van der Waals surface area contributed by atoms with Crippen LogP contribution in [0.2, 0.25) is 0 Å². The molecule has 3 amide bonds. The third-order valence-electron chi connectivity index (χ3n) is 7.43. The molecule has 0 aliphatic heterocycles. The Morgan fingerprint density at radius 2 is 1.68 bits per heavy atom. The van der Waals surface area contributed by atoms with Crippen molar-refractivity contribution in [1.29, 1.82) is 0 Å². The smallest absolute Gasteiger partial charge is 0.407 e. The van der Waals surface area contributed by atoms with E-state index in [1.54, 1.807) is 25.7 Å². The number of aliphatic hydroxyl groups is 1. The first-order valence-corrected chi connectivity index (χ1v) is 14.4. The first kappa shape index (κ1) is 31.1. The fraction of sp³-hybridized carbons (Fsp3) is 0.531. The standard InChI is InChI=1S/C32H45N3O5/c1-5-6-15-24(20-22-13-9-7-10-14-22)30(38)35(21-27(33)37)25-18-19-26(36)29(34-31(39)40-32(2,3)4)28(25)23-16-11-8-12-17-23/h7-14,16-17,24-26,28-29,36H,5-6,15,18-21H2,1-4H3,(H2,33,37)(H,34,39)/t24-,25?,26+,28?,29-/m1/s1. The Hall–Kier alpha value is -3.39. The van der Waals surface area contributed by atoms with Crippen molar-refractivity contribution in [2.24, 2.45) is 11.7 Å². The molecule has 2 aromatic carbocycles. The van der Waals surface area contributed by atoms with Gasteiger partial charge >= 0.3 is 6.09 Å². The third-order valence-corrected chi connectivity index (χ3v) is 7.43. The van der Waals surface area contributed by atoms with Crippen molar-refractivity contribution in [3.05, 3.63) is 71.8 Å². The first-order chi connectivity index (χ1) is 19.0. The highest BCUT2D eigenvalue weighted by Gasteiger charge is 2.45. The molecule has 2 aromatic rings. The van der Waals surface area contributed by atoms with E-state index in [9.17, 15) is 19.5 Å². The van der Waals surface area contributed by atoms with Crippen LogP contribution in [0.4, 0.5) is 4.79 Å². The number of hydrogen-bond acceptors (Lipinski definition) is 5. The molecular weight excluding hydrogens is 506 g/mol. The van der Waals surface area contributed by atoms with Gasteiger partial charge in [0.05, 0.1) is 18.7 Å². The van der Waals surface area contributed by atoms with Gasteiger partial charge in [0.15, 0.2) is 0 Å². The van der Waals surface area contributed by atoms with Gasteiger partial charge < -0.3 is 25.8 Å². The highest BCUT2D eigenvalue weighted by Crippen LogP contribution is 2.38. The van der Waals surface area contributed by atoms with Crippen molar-refractivity contribution in [3.8, 4) is 0 Å². The number of ether oxygens (including phenoxy) is 1. The Kier molecular flexibility index (Phi) is 11.1. The molecule has 1 fully saturated rings. The maximum atomic E-state index is 14.3. The van der Waals surface area contributed by atoms with Crippen LogP contribution in [0.15, 0.2) is 60.7 Å². The minimum Gasteiger partial charge on any atom is -0.444 e. The molecule has 218 valence electrons. The van der Waals surface area contributed by atoms with Gasteiger partial charge in [-0.3, -0.25) is 9.59 Å². The zero-order valence-corrected chi connectivity index (χ0v) is 24.2. The van der Waals surface area contributed by atoms with Gasteiger partial charge in [-0.1, -0.05) is 80.4 Å². The topological polar surface area (TPSA) is 122 Å². The van der Waals surface area contributed by atoms with Gasteiger partial charge in [-0.2, -0.15) is 0 Å². The molecule has 2 unspecified atom stereocenters. The molecule has 0 saturated heterocycles. The quantitative estimate of drug-likeness (QED) is 0.378. The summed E-state index contributed by atoms with van der Waals surface area (Å²) in [6.07, 6.45) is 2.36.